The molecule has 2 heteroatoms. The highest BCUT2D eigenvalue weighted by Gasteiger charge is 2.10. The largest absolute Gasteiger partial charge is 0.347 e. The lowest BCUT2D eigenvalue weighted by atomic mass is 10.0. The van der Waals surface area contributed by atoms with Crippen LogP contribution in [0.25, 0.3) is 10.9 Å². The van der Waals surface area contributed by atoms with Crippen LogP contribution >= 0.6 is 0 Å². The Hall–Kier alpha value is -1.28. The van der Waals surface area contributed by atoms with Gasteiger partial charge in [-0.3, -0.25) is 0 Å². The van der Waals surface area contributed by atoms with Gasteiger partial charge in [-0.25, -0.2) is 0 Å². The Balaban J connectivity index is 2.67. The van der Waals surface area contributed by atoms with Gasteiger partial charge in [-0.15, -0.1) is 0 Å². The third-order valence-electron chi connectivity index (χ3n) is 3.21. The van der Waals surface area contributed by atoms with Crippen LogP contribution in [-0.4, -0.2) is 11.1 Å². The monoisotopic (exact) mass is 216 g/mol. The highest BCUT2D eigenvalue weighted by atomic mass is 14.9. The van der Waals surface area contributed by atoms with Gasteiger partial charge in [0.2, 0.25) is 0 Å². The van der Waals surface area contributed by atoms with Gasteiger partial charge in [-0.1, -0.05) is 32.0 Å². The fourth-order valence-electron chi connectivity index (χ4n) is 2.36. The summed E-state index contributed by atoms with van der Waals surface area (Å²) in [5, 5.41) is 1.33. The molecular formula is C14H20N2. The Bertz CT molecular complexity index is 495. The number of hydrogen-bond donors (Lipinski definition) is 1. The number of para-hydroxylation sites is 1. The molecule has 0 saturated heterocycles. The average molecular weight is 216 g/mol. The van der Waals surface area contributed by atoms with Crippen molar-refractivity contribution in [1.82, 2.24) is 4.57 Å². The fraction of sp³-hybridized carbons (Fsp3) is 0.429. The van der Waals surface area contributed by atoms with Gasteiger partial charge in [0.1, 0.15) is 0 Å². The maximum Gasteiger partial charge on any atom is 0.0515 e. The van der Waals surface area contributed by atoms with Gasteiger partial charge in [-0.2, -0.15) is 0 Å². The number of nitrogens with zero attached hydrogens (tertiary/aromatic N) is 1. The van der Waals surface area contributed by atoms with E-state index in [1.807, 2.05) is 0 Å². The summed E-state index contributed by atoms with van der Waals surface area (Å²) in [6.45, 7) is 5.19. The van der Waals surface area contributed by atoms with Crippen LogP contribution in [0.4, 0.5) is 0 Å². The predicted octanol–water partition coefficient (Wildman–Crippen LogP) is 2.80. The minimum Gasteiger partial charge on any atom is -0.347 e. The number of aromatic nitrogens is 1. The zero-order chi connectivity index (χ0) is 11.7. The maximum atomic E-state index is 5.64. The minimum absolute atomic E-state index is 0.558. The summed E-state index contributed by atoms with van der Waals surface area (Å²) in [5.74, 6) is 0.558. The zero-order valence-electron chi connectivity index (χ0n) is 10.3. The van der Waals surface area contributed by atoms with Crippen LogP contribution in [0, 0.1) is 0 Å². The van der Waals surface area contributed by atoms with E-state index in [4.69, 9.17) is 5.73 Å². The SMILES string of the molecule is CC(C)c1cccc2cc(CCN)n(C)c12. The molecule has 2 nitrogen and oxygen atoms in total. The molecular weight excluding hydrogens is 196 g/mol. The van der Waals surface area contributed by atoms with Crippen molar-refractivity contribution in [3.05, 3.63) is 35.5 Å². The lowest BCUT2D eigenvalue weighted by Crippen LogP contribution is -2.06. The Morgan fingerprint density at radius 3 is 2.69 bits per heavy atom. The third-order valence-corrected chi connectivity index (χ3v) is 3.21. The van der Waals surface area contributed by atoms with E-state index in [1.54, 1.807) is 0 Å². The summed E-state index contributed by atoms with van der Waals surface area (Å²) in [5.41, 5.74) is 9.74. The molecule has 0 amide bonds. The van der Waals surface area contributed by atoms with Gasteiger partial charge in [0.25, 0.3) is 0 Å². The smallest absolute Gasteiger partial charge is 0.0515 e. The van der Waals surface area contributed by atoms with Gasteiger partial charge < -0.3 is 10.3 Å². The number of hydrogen-bond acceptors (Lipinski definition) is 1. The number of nitrogens with two attached hydrogens (primary N) is 1. The van der Waals surface area contributed by atoms with Gasteiger partial charge in [-0.05, 0) is 30.5 Å². The molecule has 0 saturated carbocycles. The number of rotatable bonds is 3. The van der Waals surface area contributed by atoms with E-state index in [2.05, 4.69) is 49.7 Å². The van der Waals surface area contributed by atoms with E-state index < -0.39 is 0 Å². The van der Waals surface area contributed by atoms with Crippen LogP contribution in [0.2, 0.25) is 0 Å². The number of fused-ring (bicyclic) bond motifs is 1. The molecule has 0 fully saturated rings. The average Bonchev–Trinajstić information content (AvgIpc) is 2.57. The van der Waals surface area contributed by atoms with Gasteiger partial charge in [0.05, 0.1) is 5.52 Å². The van der Waals surface area contributed by atoms with Crippen molar-refractivity contribution in [3.8, 4) is 0 Å². The maximum absolute atomic E-state index is 5.64. The minimum atomic E-state index is 0.558. The molecule has 16 heavy (non-hydrogen) atoms. The summed E-state index contributed by atoms with van der Waals surface area (Å²) in [6, 6.07) is 8.80. The first-order valence-electron chi connectivity index (χ1n) is 5.92. The summed E-state index contributed by atoms with van der Waals surface area (Å²) >= 11 is 0. The van der Waals surface area contributed by atoms with Crippen molar-refractivity contribution in [2.45, 2.75) is 26.2 Å². The summed E-state index contributed by atoms with van der Waals surface area (Å²) < 4.78 is 2.29. The fourth-order valence-corrected chi connectivity index (χ4v) is 2.36. The Kier molecular flexibility index (Phi) is 3.01. The summed E-state index contributed by atoms with van der Waals surface area (Å²) in [6.07, 6.45) is 0.947. The van der Waals surface area contributed by atoms with Gasteiger partial charge >= 0.3 is 0 Å². The molecule has 0 atom stereocenters. The second kappa shape index (κ2) is 4.30. The predicted molar refractivity (Wildman–Crippen MR) is 69.8 cm³/mol. The molecule has 0 aliphatic carbocycles. The van der Waals surface area contributed by atoms with Crippen molar-refractivity contribution in [2.75, 3.05) is 6.54 Å². The first-order valence-corrected chi connectivity index (χ1v) is 5.92. The lowest BCUT2D eigenvalue weighted by molar-refractivity contribution is 0.810. The van der Waals surface area contributed by atoms with Crippen LogP contribution in [0.1, 0.15) is 31.0 Å². The van der Waals surface area contributed by atoms with Gasteiger partial charge in [0, 0.05) is 18.1 Å². The normalized spacial score (nSPS) is 11.6. The van der Waals surface area contributed by atoms with Crippen LogP contribution in [0.15, 0.2) is 24.3 Å². The van der Waals surface area contributed by atoms with E-state index in [0.29, 0.717) is 12.5 Å². The molecule has 0 aliphatic heterocycles. The molecule has 2 aromatic rings. The van der Waals surface area contributed by atoms with Gasteiger partial charge in [0.15, 0.2) is 0 Å². The van der Waals surface area contributed by atoms with Crippen molar-refractivity contribution in [2.24, 2.45) is 12.8 Å². The standard InChI is InChI=1S/C14H20N2/c1-10(2)13-6-4-5-11-9-12(7-8-15)16(3)14(11)13/h4-6,9-10H,7-8,15H2,1-3H3. The Morgan fingerprint density at radius 2 is 2.06 bits per heavy atom. The molecule has 1 aromatic heterocycles. The number of benzene rings is 1. The van der Waals surface area contributed by atoms with E-state index in [0.717, 1.165) is 6.42 Å². The lowest BCUT2D eigenvalue weighted by Gasteiger charge is -2.10. The Labute approximate surface area is 97.1 Å². The topological polar surface area (TPSA) is 30.9 Å². The van der Waals surface area contributed by atoms with Crippen molar-refractivity contribution < 1.29 is 0 Å². The molecule has 0 radical (unpaired) electrons. The summed E-state index contributed by atoms with van der Waals surface area (Å²) in [7, 11) is 2.14. The van der Waals surface area contributed by atoms with E-state index in [9.17, 15) is 0 Å². The van der Waals surface area contributed by atoms with Crippen LogP contribution in [0.3, 0.4) is 0 Å². The van der Waals surface area contributed by atoms with E-state index >= 15 is 0 Å². The molecule has 1 aromatic carbocycles. The highest BCUT2D eigenvalue weighted by Crippen LogP contribution is 2.27. The molecule has 0 aliphatic rings. The van der Waals surface area contributed by atoms with E-state index in [-0.39, 0.29) is 0 Å². The quantitative estimate of drug-likeness (QED) is 0.840. The van der Waals surface area contributed by atoms with Crippen molar-refractivity contribution in [3.63, 3.8) is 0 Å². The van der Waals surface area contributed by atoms with Crippen LogP contribution < -0.4 is 5.73 Å². The Morgan fingerprint density at radius 1 is 1.31 bits per heavy atom. The molecule has 2 rings (SSSR count). The first kappa shape index (κ1) is 11.2. The third kappa shape index (κ3) is 1.74. The van der Waals surface area contributed by atoms with E-state index in [1.165, 1.54) is 22.2 Å². The van der Waals surface area contributed by atoms with Crippen molar-refractivity contribution >= 4 is 10.9 Å². The first-order chi connectivity index (χ1) is 7.65. The molecule has 0 bridgehead atoms. The molecule has 0 spiro atoms. The van der Waals surface area contributed by atoms with Crippen LogP contribution in [-0.2, 0) is 13.5 Å². The molecule has 2 N–H and O–H groups in total. The second-order valence-electron chi connectivity index (χ2n) is 4.67. The summed E-state index contributed by atoms with van der Waals surface area (Å²) in [4.78, 5) is 0. The highest BCUT2D eigenvalue weighted by molar-refractivity contribution is 5.85. The zero-order valence-corrected chi connectivity index (χ0v) is 10.3. The second-order valence-corrected chi connectivity index (χ2v) is 4.67. The molecule has 1 heterocycles. The molecule has 0 unspecified atom stereocenters. The number of aryl methyl sites for hydroxylation is 1. The van der Waals surface area contributed by atoms with Crippen LogP contribution in [0.5, 0.6) is 0 Å². The van der Waals surface area contributed by atoms with Crippen molar-refractivity contribution in [1.29, 1.82) is 0 Å². The molecule has 86 valence electrons.